The summed E-state index contributed by atoms with van der Waals surface area (Å²) in [6.07, 6.45) is 3.55. The van der Waals surface area contributed by atoms with Crippen molar-refractivity contribution in [2.45, 2.75) is 56.1 Å². The van der Waals surface area contributed by atoms with Crippen LogP contribution in [0.25, 0.3) is 21.3 Å². The number of fused-ring (bicyclic) bond motifs is 1. The summed E-state index contributed by atoms with van der Waals surface area (Å²) in [5.41, 5.74) is 1.94. The fraction of sp³-hybridized carbons (Fsp3) is 0.440. The zero-order valence-corrected chi connectivity index (χ0v) is 22.1. The molecule has 3 aromatic rings. The number of ether oxygens (including phenoxy) is 1. The molecule has 0 radical (unpaired) electrons. The molecule has 2 aromatic heterocycles. The van der Waals surface area contributed by atoms with Crippen molar-refractivity contribution in [3.63, 3.8) is 0 Å². The van der Waals surface area contributed by atoms with Gasteiger partial charge in [-0.3, -0.25) is 9.78 Å². The number of carbonyl (C=O) groups excluding carboxylic acids is 1. The Balaban J connectivity index is 1.64. The Morgan fingerprint density at radius 2 is 1.97 bits per heavy atom. The molecular formula is C25H31NO4S2Si. The van der Waals surface area contributed by atoms with Crippen LogP contribution in [0.1, 0.15) is 30.6 Å². The standard InChI is InChI=1S/C25H31NO4S2Si/c1-33(2,3)16-14-30-24(27)18-25(12-4-5-15-32(25,28)29)23-11-10-22(31-23)20-8-9-21-19(17-20)7-6-13-26-21/h6-11,13,17H,4-5,12,14-16,18H2,1-3H3/t25-/m0/s1. The second-order valence-electron chi connectivity index (χ2n) is 10.1. The molecule has 1 aliphatic rings. The van der Waals surface area contributed by atoms with Crippen molar-refractivity contribution in [1.29, 1.82) is 0 Å². The molecule has 0 unspecified atom stereocenters. The van der Waals surface area contributed by atoms with Crippen molar-refractivity contribution < 1.29 is 17.9 Å². The lowest BCUT2D eigenvalue weighted by molar-refractivity contribution is -0.144. The molecule has 0 spiro atoms. The zero-order valence-electron chi connectivity index (χ0n) is 19.5. The normalized spacial score (nSPS) is 20.6. The van der Waals surface area contributed by atoms with Gasteiger partial charge in [0.2, 0.25) is 0 Å². The van der Waals surface area contributed by atoms with Gasteiger partial charge in [0.1, 0.15) is 4.75 Å². The molecule has 4 rings (SSSR count). The maximum Gasteiger partial charge on any atom is 0.307 e. The maximum absolute atomic E-state index is 13.4. The minimum absolute atomic E-state index is 0.109. The van der Waals surface area contributed by atoms with Gasteiger partial charge in [0, 0.05) is 29.4 Å². The quantitative estimate of drug-likeness (QED) is 0.292. The number of rotatable bonds is 7. The van der Waals surface area contributed by atoms with Crippen LogP contribution >= 0.6 is 11.3 Å². The maximum atomic E-state index is 13.4. The van der Waals surface area contributed by atoms with Crippen LogP contribution in [0.3, 0.4) is 0 Å². The SMILES string of the molecule is C[Si](C)(C)CCOC(=O)C[C@]1(c2ccc(-c3ccc4ncccc4c3)s2)CCCCS1(=O)=O. The Morgan fingerprint density at radius 3 is 2.73 bits per heavy atom. The molecule has 1 aliphatic heterocycles. The van der Waals surface area contributed by atoms with Crippen molar-refractivity contribution in [2.75, 3.05) is 12.4 Å². The molecule has 1 saturated heterocycles. The number of aromatic nitrogens is 1. The first-order valence-corrected chi connectivity index (χ1v) is 17.6. The van der Waals surface area contributed by atoms with Gasteiger partial charge < -0.3 is 4.74 Å². The highest BCUT2D eigenvalue weighted by Crippen LogP contribution is 2.47. The zero-order chi connectivity index (χ0) is 23.7. The molecule has 0 bridgehead atoms. The van der Waals surface area contributed by atoms with E-state index in [2.05, 4.69) is 30.7 Å². The fourth-order valence-electron chi connectivity index (χ4n) is 4.34. The van der Waals surface area contributed by atoms with Crippen LogP contribution in [0, 0.1) is 0 Å². The second-order valence-corrected chi connectivity index (χ2v) is 19.2. The topological polar surface area (TPSA) is 73.3 Å². The third-order valence-corrected chi connectivity index (χ3v) is 12.1. The minimum Gasteiger partial charge on any atom is -0.466 e. The van der Waals surface area contributed by atoms with E-state index in [4.69, 9.17) is 4.74 Å². The lowest BCUT2D eigenvalue weighted by Gasteiger charge is -2.35. The van der Waals surface area contributed by atoms with Gasteiger partial charge in [0.15, 0.2) is 9.84 Å². The summed E-state index contributed by atoms with van der Waals surface area (Å²) in [7, 11) is -4.82. The molecule has 1 aromatic carbocycles. The summed E-state index contributed by atoms with van der Waals surface area (Å²) < 4.78 is 31.1. The van der Waals surface area contributed by atoms with Gasteiger partial charge in [0.05, 0.1) is 24.3 Å². The molecular weight excluding hydrogens is 470 g/mol. The summed E-state index contributed by atoms with van der Waals surface area (Å²) in [6.45, 7) is 7.04. The van der Waals surface area contributed by atoms with E-state index in [-0.39, 0.29) is 12.2 Å². The number of pyridine rings is 1. The predicted octanol–water partition coefficient (Wildman–Crippen LogP) is 6.03. The van der Waals surface area contributed by atoms with Crippen LogP contribution in [0.2, 0.25) is 25.7 Å². The van der Waals surface area contributed by atoms with Crippen molar-refractivity contribution >= 4 is 46.1 Å². The Kier molecular flexibility index (Phi) is 6.80. The number of esters is 1. The molecule has 0 amide bonds. The molecule has 8 heteroatoms. The van der Waals surface area contributed by atoms with Gasteiger partial charge in [-0.15, -0.1) is 11.3 Å². The van der Waals surface area contributed by atoms with Crippen LogP contribution in [-0.2, 0) is 24.1 Å². The Labute approximate surface area is 201 Å². The molecule has 5 nitrogen and oxygen atoms in total. The van der Waals surface area contributed by atoms with Crippen molar-refractivity contribution in [3.8, 4) is 10.4 Å². The predicted molar refractivity (Wildman–Crippen MR) is 138 cm³/mol. The third kappa shape index (κ3) is 5.23. The third-order valence-electron chi connectivity index (χ3n) is 6.33. The Hall–Kier alpha value is -2.03. The summed E-state index contributed by atoms with van der Waals surface area (Å²) >= 11 is 1.47. The van der Waals surface area contributed by atoms with Gasteiger partial charge in [-0.1, -0.05) is 38.2 Å². The molecule has 0 aliphatic carbocycles. The molecule has 176 valence electrons. The van der Waals surface area contributed by atoms with Crippen molar-refractivity contribution in [3.05, 3.63) is 53.5 Å². The van der Waals surface area contributed by atoms with Gasteiger partial charge in [-0.05, 0) is 54.8 Å². The van der Waals surface area contributed by atoms with Crippen LogP contribution in [0.4, 0.5) is 0 Å². The lowest BCUT2D eigenvalue weighted by Crippen LogP contribution is -2.42. The Bertz CT molecular complexity index is 1260. The van der Waals surface area contributed by atoms with Crippen molar-refractivity contribution in [2.24, 2.45) is 0 Å². The summed E-state index contributed by atoms with van der Waals surface area (Å²) in [5, 5.41) is 1.04. The van der Waals surface area contributed by atoms with Gasteiger partial charge >= 0.3 is 5.97 Å². The van der Waals surface area contributed by atoms with Gasteiger partial charge in [-0.25, -0.2) is 8.42 Å². The number of thiophene rings is 1. The average molecular weight is 502 g/mol. The van der Waals surface area contributed by atoms with Gasteiger partial charge in [0.25, 0.3) is 0 Å². The average Bonchev–Trinajstić information content (AvgIpc) is 3.25. The second kappa shape index (κ2) is 9.31. The highest BCUT2D eigenvalue weighted by molar-refractivity contribution is 7.92. The molecule has 1 atom stereocenters. The largest absolute Gasteiger partial charge is 0.466 e. The van der Waals surface area contributed by atoms with E-state index in [0.717, 1.165) is 38.7 Å². The number of hydrogen-bond donors (Lipinski definition) is 0. The van der Waals surface area contributed by atoms with Crippen LogP contribution < -0.4 is 0 Å². The molecule has 1 fully saturated rings. The van der Waals surface area contributed by atoms with E-state index in [1.54, 1.807) is 6.20 Å². The van der Waals surface area contributed by atoms with Crippen LogP contribution in [-0.4, -0.2) is 39.8 Å². The van der Waals surface area contributed by atoms with E-state index < -0.39 is 28.6 Å². The molecule has 0 N–H and O–H groups in total. The van der Waals surface area contributed by atoms with Gasteiger partial charge in [-0.2, -0.15) is 0 Å². The van der Waals surface area contributed by atoms with E-state index in [9.17, 15) is 13.2 Å². The Morgan fingerprint density at radius 1 is 1.15 bits per heavy atom. The highest BCUT2D eigenvalue weighted by Gasteiger charge is 2.49. The number of benzene rings is 1. The fourth-order valence-corrected chi connectivity index (χ4v) is 8.81. The highest BCUT2D eigenvalue weighted by atomic mass is 32.2. The number of nitrogens with zero attached hydrogens (tertiary/aromatic N) is 1. The number of hydrogen-bond acceptors (Lipinski definition) is 6. The first kappa shape index (κ1) is 24.1. The van der Waals surface area contributed by atoms with E-state index in [1.807, 2.05) is 36.4 Å². The van der Waals surface area contributed by atoms with E-state index in [0.29, 0.717) is 19.4 Å². The first-order chi connectivity index (χ1) is 15.6. The first-order valence-electron chi connectivity index (χ1n) is 11.4. The minimum atomic E-state index is -3.48. The van der Waals surface area contributed by atoms with Crippen LogP contribution in [0.5, 0.6) is 0 Å². The summed E-state index contributed by atoms with van der Waals surface area (Å²) in [5.74, 6) is -0.296. The number of sulfone groups is 1. The summed E-state index contributed by atoms with van der Waals surface area (Å²) in [4.78, 5) is 18.9. The molecule has 33 heavy (non-hydrogen) atoms. The van der Waals surface area contributed by atoms with Crippen LogP contribution in [0.15, 0.2) is 48.7 Å². The smallest absolute Gasteiger partial charge is 0.307 e. The van der Waals surface area contributed by atoms with Crippen molar-refractivity contribution in [1.82, 2.24) is 4.98 Å². The van der Waals surface area contributed by atoms with E-state index in [1.165, 1.54) is 11.3 Å². The lowest BCUT2D eigenvalue weighted by atomic mass is 9.95. The molecule has 0 saturated carbocycles. The van der Waals surface area contributed by atoms with E-state index >= 15 is 0 Å². The summed E-state index contributed by atoms with van der Waals surface area (Å²) in [6, 6.07) is 14.7. The molecule has 3 heterocycles. The number of carbonyl (C=O) groups is 1. The monoisotopic (exact) mass is 501 g/mol.